The average molecular weight is 355 g/mol. The highest BCUT2D eigenvalue weighted by Crippen LogP contribution is 2.37. The lowest BCUT2D eigenvalue weighted by molar-refractivity contribution is -0.113. The Kier molecular flexibility index (Phi) is 5.02. The first-order chi connectivity index (χ1) is 11.6. The number of para-hydroxylation sites is 1. The Morgan fingerprint density at radius 2 is 1.88 bits per heavy atom. The quantitative estimate of drug-likeness (QED) is 0.582. The van der Waals surface area contributed by atoms with Crippen molar-refractivity contribution >= 4 is 46.0 Å². The predicted octanol–water partition coefficient (Wildman–Crippen LogP) is 4.80. The summed E-state index contributed by atoms with van der Waals surface area (Å²) < 4.78 is 6.00. The van der Waals surface area contributed by atoms with Crippen molar-refractivity contribution in [2.24, 2.45) is 0 Å². The second kappa shape index (κ2) is 7.20. The minimum Gasteiger partial charge on any atom is -0.494 e. The Balaban J connectivity index is 1.87. The Morgan fingerprint density at radius 1 is 1.17 bits per heavy atom. The summed E-state index contributed by atoms with van der Waals surface area (Å²) in [5.41, 5.74) is 2.81. The Morgan fingerprint density at radius 3 is 2.54 bits per heavy atom. The third-order valence-corrected chi connectivity index (χ3v) is 4.94. The number of hydrogen-bond donors (Lipinski definition) is 0. The summed E-state index contributed by atoms with van der Waals surface area (Å²) in [5.74, 6) is 0.746. The number of thiocarbonyl (C=S) groups is 1. The maximum atomic E-state index is 12.8. The first-order valence-electron chi connectivity index (χ1n) is 7.66. The smallest absolute Gasteiger partial charge is 0.270 e. The summed E-state index contributed by atoms with van der Waals surface area (Å²) in [4.78, 5) is 15.0. The molecule has 1 fully saturated rings. The number of rotatable bonds is 4. The van der Waals surface area contributed by atoms with E-state index in [9.17, 15) is 4.79 Å². The molecule has 0 aromatic heterocycles. The zero-order valence-corrected chi connectivity index (χ0v) is 15.1. The molecular formula is C19H17NO2S2. The van der Waals surface area contributed by atoms with E-state index in [2.05, 4.69) is 0 Å². The van der Waals surface area contributed by atoms with Crippen molar-refractivity contribution in [3.05, 3.63) is 64.6 Å². The van der Waals surface area contributed by atoms with Crippen LogP contribution in [0.2, 0.25) is 0 Å². The van der Waals surface area contributed by atoms with Gasteiger partial charge in [0.15, 0.2) is 4.32 Å². The molecule has 1 amide bonds. The molecule has 24 heavy (non-hydrogen) atoms. The molecule has 1 heterocycles. The SMILES string of the molecule is CCOc1ccc(C=C2SC(=S)N(c3ccccc3C)C2=O)cc1. The molecule has 0 radical (unpaired) electrons. The van der Waals surface area contributed by atoms with Gasteiger partial charge >= 0.3 is 0 Å². The number of anilines is 1. The van der Waals surface area contributed by atoms with Gasteiger partial charge in [-0.15, -0.1) is 0 Å². The molecule has 1 aliphatic heterocycles. The van der Waals surface area contributed by atoms with Crippen LogP contribution in [0.5, 0.6) is 5.75 Å². The topological polar surface area (TPSA) is 29.5 Å². The van der Waals surface area contributed by atoms with E-state index in [1.165, 1.54) is 11.8 Å². The largest absolute Gasteiger partial charge is 0.494 e. The van der Waals surface area contributed by atoms with E-state index in [0.29, 0.717) is 15.8 Å². The molecule has 0 unspecified atom stereocenters. The maximum absolute atomic E-state index is 12.8. The molecule has 0 aliphatic carbocycles. The standard InChI is InChI=1S/C19H17NO2S2/c1-3-22-15-10-8-14(9-11-15)12-17-18(21)20(19(23)24-17)16-7-5-4-6-13(16)2/h4-12H,3H2,1-2H3. The second-order valence-electron chi connectivity index (χ2n) is 5.31. The fraction of sp³-hybridized carbons (Fsp3) is 0.158. The number of carbonyl (C=O) groups excluding carboxylic acids is 1. The fourth-order valence-electron chi connectivity index (χ4n) is 2.47. The average Bonchev–Trinajstić information content (AvgIpc) is 2.84. The van der Waals surface area contributed by atoms with Crippen LogP contribution in [0.15, 0.2) is 53.4 Å². The van der Waals surface area contributed by atoms with Gasteiger partial charge in [-0.25, -0.2) is 0 Å². The molecule has 0 spiro atoms. The predicted molar refractivity (Wildman–Crippen MR) is 104 cm³/mol. The van der Waals surface area contributed by atoms with E-state index in [0.717, 1.165) is 22.6 Å². The van der Waals surface area contributed by atoms with Gasteiger partial charge in [-0.2, -0.15) is 0 Å². The summed E-state index contributed by atoms with van der Waals surface area (Å²) in [6, 6.07) is 15.4. The minimum absolute atomic E-state index is 0.0758. The van der Waals surface area contributed by atoms with Gasteiger partial charge in [0.25, 0.3) is 5.91 Å². The van der Waals surface area contributed by atoms with E-state index < -0.39 is 0 Å². The lowest BCUT2D eigenvalue weighted by atomic mass is 10.1. The van der Waals surface area contributed by atoms with Crippen LogP contribution in [0.4, 0.5) is 5.69 Å². The number of thioether (sulfide) groups is 1. The van der Waals surface area contributed by atoms with Gasteiger partial charge in [0, 0.05) is 0 Å². The van der Waals surface area contributed by atoms with Gasteiger partial charge in [0.1, 0.15) is 5.75 Å². The number of benzene rings is 2. The van der Waals surface area contributed by atoms with Crippen LogP contribution in [0, 0.1) is 6.92 Å². The van der Waals surface area contributed by atoms with Crippen LogP contribution in [0.25, 0.3) is 6.08 Å². The Labute approximate surface area is 151 Å². The van der Waals surface area contributed by atoms with Crippen molar-refractivity contribution < 1.29 is 9.53 Å². The van der Waals surface area contributed by atoms with Gasteiger partial charge in [0.2, 0.25) is 0 Å². The number of nitrogens with zero attached hydrogens (tertiary/aromatic N) is 1. The second-order valence-corrected chi connectivity index (χ2v) is 6.98. The van der Waals surface area contributed by atoms with Crippen LogP contribution in [-0.2, 0) is 4.79 Å². The molecule has 5 heteroatoms. The molecule has 1 saturated heterocycles. The summed E-state index contributed by atoms with van der Waals surface area (Å²) in [6.07, 6.45) is 1.87. The number of carbonyl (C=O) groups is 1. The molecule has 0 saturated carbocycles. The van der Waals surface area contributed by atoms with Crippen LogP contribution >= 0.6 is 24.0 Å². The van der Waals surface area contributed by atoms with E-state index in [-0.39, 0.29) is 5.91 Å². The van der Waals surface area contributed by atoms with Crippen LogP contribution in [0.3, 0.4) is 0 Å². The highest BCUT2D eigenvalue weighted by atomic mass is 32.2. The number of ether oxygens (including phenoxy) is 1. The minimum atomic E-state index is -0.0758. The van der Waals surface area contributed by atoms with E-state index in [4.69, 9.17) is 17.0 Å². The van der Waals surface area contributed by atoms with Crippen LogP contribution in [0.1, 0.15) is 18.1 Å². The summed E-state index contributed by atoms with van der Waals surface area (Å²) in [7, 11) is 0. The molecule has 0 atom stereocenters. The van der Waals surface area contributed by atoms with Crippen molar-refractivity contribution in [1.82, 2.24) is 0 Å². The van der Waals surface area contributed by atoms with Crippen molar-refractivity contribution in [3.63, 3.8) is 0 Å². The molecule has 2 aromatic carbocycles. The first-order valence-corrected chi connectivity index (χ1v) is 8.89. The van der Waals surface area contributed by atoms with Crippen LogP contribution in [-0.4, -0.2) is 16.8 Å². The monoisotopic (exact) mass is 355 g/mol. The maximum Gasteiger partial charge on any atom is 0.270 e. The lowest BCUT2D eigenvalue weighted by Crippen LogP contribution is -2.28. The van der Waals surface area contributed by atoms with E-state index in [1.807, 2.05) is 68.5 Å². The van der Waals surface area contributed by atoms with Crippen molar-refractivity contribution in [2.75, 3.05) is 11.5 Å². The molecule has 0 bridgehead atoms. The number of amides is 1. The van der Waals surface area contributed by atoms with Gasteiger partial charge in [0.05, 0.1) is 17.2 Å². The van der Waals surface area contributed by atoms with Gasteiger partial charge in [-0.3, -0.25) is 9.69 Å². The number of aryl methyl sites for hydroxylation is 1. The summed E-state index contributed by atoms with van der Waals surface area (Å²) >= 11 is 6.75. The molecule has 0 N–H and O–H groups in total. The number of hydrogen-bond acceptors (Lipinski definition) is 4. The molecular weight excluding hydrogens is 338 g/mol. The third-order valence-electron chi connectivity index (χ3n) is 3.64. The Bertz CT molecular complexity index is 812. The third kappa shape index (κ3) is 3.37. The summed E-state index contributed by atoms with van der Waals surface area (Å²) in [5, 5.41) is 0. The van der Waals surface area contributed by atoms with Gasteiger partial charge < -0.3 is 4.74 Å². The lowest BCUT2D eigenvalue weighted by Gasteiger charge is -2.16. The fourth-order valence-corrected chi connectivity index (χ4v) is 3.75. The molecule has 3 nitrogen and oxygen atoms in total. The Hall–Kier alpha value is -2.11. The van der Waals surface area contributed by atoms with E-state index in [1.54, 1.807) is 4.90 Å². The van der Waals surface area contributed by atoms with Gasteiger partial charge in [-0.1, -0.05) is 54.3 Å². The van der Waals surface area contributed by atoms with Gasteiger partial charge in [-0.05, 0) is 49.2 Å². The first kappa shape index (κ1) is 16.7. The molecule has 2 aromatic rings. The molecule has 3 rings (SSSR count). The van der Waals surface area contributed by atoms with Crippen molar-refractivity contribution in [1.29, 1.82) is 0 Å². The zero-order valence-electron chi connectivity index (χ0n) is 13.5. The van der Waals surface area contributed by atoms with Crippen molar-refractivity contribution in [2.45, 2.75) is 13.8 Å². The molecule has 122 valence electrons. The molecule has 1 aliphatic rings. The normalized spacial score (nSPS) is 16.1. The van der Waals surface area contributed by atoms with Crippen molar-refractivity contribution in [3.8, 4) is 5.75 Å². The summed E-state index contributed by atoms with van der Waals surface area (Å²) in [6.45, 7) is 4.56. The van der Waals surface area contributed by atoms with Crippen LogP contribution < -0.4 is 9.64 Å². The zero-order chi connectivity index (χ0) is 17.1. The highest BCUT2D eigenvalue weighted by molar-refractivity contribution is 8.27. The van der Waals surface area contributed by atoms with E-state index >= 15 is 0 Å². The highest BCUT2D eigenvalue weighted by Gasteiger charge is 2.33.